The molecule has 0 aromatic rings. The van der Waals surface area contributed by atoms with Crippen LogP contribution in [0.15, 0.2) is 0 Å². The second kappa shape index (κ2) is 16.7. The highest BCUT2D eigenvalue weighted by Crippen LogP contribution is 2.13. The van der Waals surface area contributed by atoms with E-state index in [0.717, 1.165) is 12.8 Å². The molecule has 0 rings (SSSR count). The fraction of sp³-hybridized carbons (Fsp3) is 0.895. The fourth-order valence-electron chi connectivity index (χ4n) is 3.00. The minimum absolute atomic E-state index is 0.0463. The van der Waals surface area contributed by atoms with E-state index in [4.69, 9.17) is 10.2 Å². The van der Waals surface area contributed by atoms with Crippen molar-refractivity contribution in [2.24, 2.45) is 0 Å². The zero-order chi connectivity index (χ0) is 18.9. The smallest absolute Gasteiger partial charge is 0.321 e. The number of carbonyl (C=O) groups is 2. The van der Waals surface area contributed by atoms with Gasteiger partial charge < -0.3 is 15.5 Å². The summed E-state index contributed by atoms with van der Waals surface area (Å²) in [6.45, 7) is 2.23. The van der Waals surface area contributed by atoms with Crippen LogP contribution in [0.4, 0.5) is 0 Å². The lowest BCUT2D eigenvalue weighted by molar-refractivity contribution is -0.141. The van der Waals surface area contributed by atoms with Crippen LogP contribution in [0.3, 0.4) is 0 Å². The lowest BCUT2D eigenvalue weighted by Crippen LogP contribution is -2.45. The highest BCUT2D eigenvalue weighted by Gasteiger charge is 2.21. The molecule has 2 atom stereocenters. The maximum Gasteiger partial charge on any atom is 0.321 e. The van der Waals surface area contributed by atoms with E-state index < -0.39 is 18.0 Å². The summed E-state index contributed by atoms with van der Waals surface area (Å²) in [5.41, 5.74) is 0. The van der Waals surface area contributed by atoms with Gasteiger partial charge in [-0.3, -0.25) is 9.59 Å². The quantitative estimate of drug-likeness (QED) is 0.209. The third-order valence-corrected chi connectivity index (χ3v) is 4.86. The van der Waals surface area contributed by atoms with Crippen LogP contribution in [0.1, 0.15) is 90.4 Å². The Morgan fingerprint density at radius 1 is 0.880 bits per heavy atom. The molecule has 5 nitrogen and oxygen atoms in total. The predicted molar refractivity (Wildman–Crippen MR) is 106 cm³/mol. The molecule has 25 heavy (non-hydrogen) atoms. The molecule has 3 N–H and O–H groups in total. The Morgan fingerprint density at radius 2 is 1.36 bits per heavy atom. The van der Waals surface area contributed by atoms with Crippen molar-refractivity contribution in [3.8, 4) is 0 Å². The molecule has 0 heterocycles. The van der Waals surface area contributed by atoms with Gasteiger partial charge in [0.15, 0.2) is 0 Å². The molecular weight excluding hydrogens is 338 g/mol. The third kappa shape index (κ3) is 15.2. The van der Waals surface area contributed by atoms with Gasteiger partial charge in [-0.15, -0.1) is 0 Å². The van der Waals surface area contributed by atoms with E-state index in [2.05, 4.69) is 24.9 Å². The first-order valence-electron chi connectivity index (χ1n) is 9.82. The Morgan fingerprint density at radius 3 is 1.76 bits per heavy atom. The topological polar surface area (TPSA) is 86.6 Å². The molecule has 0 aromatic carbocycles. The van der Waals surface area contributed by atoms with Crippen LogP contribution in [0.2, 0.25) is 0 Å². The van der Waals surface area contributed by atoms with Crippen LogP contribution in [0.25, 0.3) is 0 Å². The van der Waals surface area contributed by atoms with Crippen LogP contribution < -0.4 is 5.32 Å². The number of hydrogen-bond donors (Lipinski definition) is 4. The molecule has 0 fully saturated rings. The van der Waals surface area contributed by atoms with Crippen molar-refractivity contribution in [3.05, 3.63) is 0 Å². The number of aliphatic carboxylic acids is 2. The van der Waals surface area contributed by atoms with Crippen LogP contribution >= 0.6 is 12.6 Å². The highest BCUT2D eigenvalue weighted by molar-refractivity contribution is 7.80. The van der Waals surface area contributed by atoms with Crippen molar-refractivity contribution >= 4 is 24.6 Å². The Kier molecular flexibility index (Phi) is 16.2. The normalized spacial score (nSPS) is 13.5. The summed E-state index contributed by atoms with van der Waals surface area (Å²) in [6.07, 6.45) is 14.3. The van der Waals surface area contributed by atoms with E-state index in [9.17, 15) is 9.59 Å². The molecule has 0 aliphatic rings. The molecule has 0 saturated heterocycles. The molecule has 6 heteroatoms. The number of carboxylic acids is 2. The second-order valence-corrected chi connectivity index (χ2v) is 7.22. The van der Waals surface area contributed by atoms with E-state index in [1.54, 1.807) is 0 Å². The molecule has 0 amide bonds. The van der Waals surface area contributed by atoms with Gasteiger partial charge in [0, 0.05) is 11.8 Å². The van der Waals surface area contributed by atoms with Crippen LogP contribution in [0.5, 0.6) is 0 Å². The van der Waals surface area contributed by atoms with Crippen LogP contribution in [-0.2, 0) is 9.59 Å². The summed E-state index contributed by atoms with van der Waals surface area (Å²) in [6, 6.07) is -1.09. The van der Waals surface area contributed by atoms with Crippen molar-refractivity contribution in [2.75, 3.05) is 5.75 Å². The van der Waals surface area contributed by atoms with E-state index >= 15 is 0 Å². The second-order valence-electron chi connectivity index (χ2n) is 6.86. The van der Waals surface area contributed by atoms with Crippen molar-refractivity contribution in [1.82, 2.24) is 5.32 Å². The Hall–Kier alpha value is -0.750. The minimum Gasteiger partial charge on any atom is -0.481 e. The minimum atomic E-state index is -0.982. The summed E-state index contributed by atoms with van der Waals surface area (Å²) < 4.78 is 0. The van der Waals surface area contributed by atoms with E-state index in [1.807, 2.05) is 0 Å². The monoisotopic (exact) mass is 375 g/mol. The van der Waals surface area contributed by atoms with Crippen LogP contribution in [0, 0.1) is 0 Å². The molecule has 148 valence electrons. The summed E-state index contributed by atoms with van der Waals surface area (Å²) >= 11 is 4.01. The maximum atomic E-state index is 11.1. The predicted octanol–water partition coefficient (Wildman–Crippen LogP) is 4.50. The Balaban J connectivity index is 3.77. The molecular formula is C19H37NO4S. The largest absolute Gasteiger partial charge is 0.481 e. The number of hydrogen-bond acceptors (Lipinski definition) is 4. The number of thiol groups is 1. The summed E-state index contributed by atoms with van der Waals surface area (Å²) in [7, 11) is 0. The van der Waals surface area contributed by atoms with Gasteiger partial charge in [-0.1, -0.05) is 77.6 Å². The van der Waals surface area contributed by atoms with Crippen molar-refractivity contribution in [3.63, 3.8) is 0 Å². The van der Waals surface area contributed by atoms with Crippen molar-refractivity contribution in [1.29, 1.82) is 0 Å². The summed E-state index contributed by atoms with van der Waals surface area (Å²) in [5.74, 6) is -1.72. The molecule has 0 bridgehead atoms. The first-order chi connectivity index (χ1) is 12.0. The van der Waals surface area contributed by atoms with Gasteiger partial charge in [-0.05, 0) is 6.42 Å². The molecule has 1 unspecified atom stereocenters. The number of unbranched alkanes of at least 4 members (excludes halogenated alkanes) is 10. The first-order valence-corrected chi connectivity index (χ1v) is 10.5. The van der Waals surface area contributed by atoms with E-state index in [1.165, 1.54) is 57.8 Å². The third-order valence-electron chi connectivity index (χ3n) is 4.49. The van der Waals surface area contributed by atoms with Crippen molar-refractivity contribution < 1.29 is 19.8 Å². The standard InChI is InChI=1S/C19H37NO4S/c1-2-3-4-5-6-7-8-9-10-11-12-13-16(14-18(21)22)20-17(15-25)19(23)24/h16-17,20,25H,2-15H2,1H3,(H,21,22)(H,23,24)/t16?,17-/m0/s1. The van der Waals surface area contributed by atoms with Gasteiger partial charge in [0.1, 0.15) is 6.04 Å². The molecule has 0 aromatic heterocycles. The van der Waals surface area contributed by atoms with Gasteiger partial charge in [-0.25, -0.2) is 0 Å². The molecule has 0 aliphatic heterocycles. The van der Waals surface area contributed by atoms with Gasteiger partial charge >= 0.3 is 11.9 Å². The molecule has 0 spiro atoms. The maximum absolute atomic E-state index is 11.1. The fourth-order valence-corrected chi connectivity index (χ4v) is 3.26. The van der Waals surface area contributed by atoms with Crippen LogP contribution in [-0.4, -0.2) is 40.0 Å². The highest BCUT2D eigenvalue weighted by atomic mass is 32.1. The first kappa shape index (κ1) is 24.2. The average molecular weight is 376 g/mol. The van der Waals surface area contributed by atoms with Crippen molar-refractivity contribution in [2.45, 2.75) is 102 Å². The summed E-state index contributed by atoms with van der Waals surface area (Å²) in [5, 5.41) is 20.9. The Bertz CT molecular complexity index is 352. The summed E-state index contributed by atoms with van der Waals surface area (Å²) in [4.78, 5) is 22.0. The number of carboxylic acid groups (broad SMARTS) is 2. The Labute approximate surface area is 158 Å². The average Bonchev–Trinajstić information content (AvgIpc) is 2.56. The lowest BCUT2D eigenvalue weighted by Gasteiger charge is -2.21. The van der Waals surface area contributed by atoms with E-state index in [-0.39, 0.29) is 18.2 Å². The molecule has 0 radical (unpaired) electrons. The molecule has 0 saturated carbocycles. The lowest BCUT2D eigenvalue weighted by atomic mass is 10.0. The SMILES string of the molecule is CCCCCCCCCCCCCC(CC(=O)O)N[C@@H](CS)C(=O)O. The zero-order valence-corrected chi connectivity index (χ0v) is 16.6. The number of nitrogens with one attached hydrogen (secondary N) is 1. The van der Waals surface area contributed by atoms with Gasteiger partial charge in [0.05, 0.1) is 6.42 Å². The van der Waals surface area contributed by atoms with Gasteiger partial charge in [0.2, 0.25) is 0 Å². The zero-order valence-electron chi connectivity index (χ0n) is 15.7. The molecule has 0 aliphatic carbocycles. The van der Waals surface area contributed by atoms with Gasteiger partial charge in [0.25, 0.3) is 0 Å². The number of rotatable bonds is 18. The van der Waals surface area contributed by atoms with E-state index in [0.29, 0.717) is 6.42 Å². The van der Waals surface area contributed by atoms with Gasteiger partial charge in [-0.2, -0.15) is 12.6 Å².